The number of nitrogens with zero attached hydrogens (tertiary/aromatic N) is 8. The maximum Gasteiger partial charge on any atom is 0.346 e. The molecule has 0 aliphatic rings. The van der Waals surface area contributed by atoms with Crippen LogP contribution in [0.4, 0.5) is 17.6 Å². The molecule has 0 bridgehead atoms. The van der Waals surface area contributed by atoms with Crippen LogP contribution < -0.4 is 42.3 Å². The number of halogens is 4. The first-order valence-corrected chi connectivity index (χ1v) is 29.9. The van der Waals surface area contributed by atoms with Crippen molar-refractivity contribution in [3.63, 3.8) is 0 Å². The van der Waals surface area contributed by atoms with E-state index >= 15 is 0 Å². The Bertz CT molecular complexity index is 4240. The molecule has 0 radical (unpaired) electrons. The second-order valence-electron chi connectivity index (χ2n) is 19.9. The van der Waals surface area contributed by atoms with Crippen LogP contribution in [-0.4, -0.2) is 34.1 Å². The molecule has 0 aliphatic carbocycles. The van der Waals surface area contributed by atoms with Crippen molar-refractivity contribution < 1.29 is 17.6 Å². The van der Waals surface area contributed by atoms with Crippen LogP contribution in [0.1, 0.15) is 44.5 Å². The predicted molar refractivity (Wildman–Crippen MR) is 338 cm³/mol. The second-order valence-corrected chi connectivity index (χ2v) is 23.5. The molecule has 16 nitrogen and oxygen atoms in total. The van der Waals surface area contributed by atoms with E-state index in [1.54, 1.807) is 97.1 Å². The summed E-state index contributed by atoms with van der Waals surface area (Å²) in [5, 5.41) is 0. The highest BCUT2D eigenvalue weighted by Gasteiger charge is 2.16. The molecule has 0 aliphatic heterocycles. The Balaban J connectivity index is 0.000000140. The molecule has 0 amide bonds. The number of benzene rings is 8. The van der Waals surface area contributed by atoms with E-state index in [9.17, 15) is 55.9 Å². The van der Waals surface area contributed by atoms with Crippen LogP contribution in [0.3, 0.4) is 0 Å². The van der Waals surface area contributed by atoms with Gasteiger partial charge in [0.25, 0.3) is 0 Å². The van der Waals surface area contributed by atoms with Crippen molar-refractivity contribution in [1.29, 1.82) is 0 Å². The Morgan fingerprint density at radius 3 is 0.568 bits per heavy atom. The molecule has 12 aromatic rings. The maximum atomic E-state index is 12.9. The number of rotatable bonds is 12. The van der Waals surface area contributed by atoms with Crippen LogP contribution in [0, 0.1) is 51.0 Å². The molecule has 24 heteroatoms. The predicted octanol–water partition coefficient (Wildman–Crippen LogP) is 10.2. The average molecular weight is 1270 g/mol. The summed E-state index contributed by atoms with van der Waals surface area (Å²) in [6.07, 6.45) is 0. The lowest BCUT2D eigenvalue weighted by molar-refractivity contribution is 0.625. The summed E-state index contributed by atoms with van der Waals surface area (Å²) in [7, 11) is 0. The minimum Gasteiger partial charge on any atom is -0.255 e. The first kappa shape index (κ1) is 62.6. The van der Waals surface area contributed by atoms with Crippen molar-refractivity contribution in [2.24, 2.45) is 0 Å². The van der Waals surface area contributed by atoms with E-state index in [0.29, 0.717) is 45.0 Å². The van der Waals surface area contributed by atoms with Crippen molar-refractivity contribution in [3.05, 3.63) is 343 Å². The van der Waals surface area contributed by atoms with E-state index < -0.39 is 0 Å². The molecular weight excluding hydrogens is 1210 g/mol. The number of aryl methyl sites for hydroxylation is 4. The van der Waals surface area contributed by atoms with Crippen molar-refractivity contribution in [1.82, 2.24) is 34.1 Å². The second kappa shape index (κ2) is 28.1. The third kappa shape index (κ3) is 15.6. The molecule has 4 aromatic heterocycles. The number of aromatic nitrogens is 8. The van der Waals surface area contributed by atoms with Crippen LogP contribution in [0.2, 0.25) is 0 Å². The van der Waals surface area contributed by atoms with Gasteiger partial charge in [0.2, 0.25) is 0 Å². The largest absolute Gasteiger partial charge is 0.346 e. The Morgan fingerprint density at radius 2 is 0.409 bits per heavy atom. The first-order valence-electron chi connectivity index (χ1n) is 26.8. The van der Waals surface area contributed by atoms with E-state index in [4.69, 9.17) is 0 Å². The molecular formula is C64H52F4N8O8S4. The smallest absolute Gasteiger partial charge is 0.255 e. The highest BCUT2D eigenvalue weighted by atomic mass is 32.1. The Kier molecular flexibility index (Phi) is 20.0. The SMILES string of the molecule is Cc1ccc(-n2sc(=O)n(Cc3ccc(F)cc3)c2=O)cc1.Cc1ccc(-n2sc(=O)n(Cc3ccc(F)cc3)c2=O)cc1.Cc1ccc(-n2sc(=O)n(Cc3ccc(F)cc3)c2=O)cc1.Cc1ccc(-n2sc(=O)n(Cc3ccc(F)cc3)c2=O)cc1. The lowest BCUT2D eigenvalue weighted by Crippen LogP contribution is -2.28. The zero-order valence-corrected chi connectivity index (χ0v) is 50.6. The van der Waals surface area contributed by atoms with Gasteiger partial charge in [0.15, 0.2) is 0 Å². The highest BCUT2D eigenvalue weighted by molar-refractivity contribution is 7.04. The summed E-state index contributed by atoms with van der Waals surface area (Å²) < 4.78 is 61.7. The van der Waals surface area contributed by atoms with E-state index in [1.165, 1.54) is 64.4 Å². The van der Waals surface area contributed by atoms with Gasteiger partial charge in [-0.15, -0.1) is 0 Å². The van der Waals surface area contributed by atoms with Crippen LogP contribution in [0.15, 0.2) is 232 Å². The van der Waals surface area contributed by atoms with Gasteiger partial charge in [0.05, 0.1) is 48.9 Å². The lowest BCUT2D eigenvalue weighted by atomic mass is 10.2. The molecule has 0 atom stereocenters. The summed E-state index contributed by atoms with van der Waals surface area (Å²) in [4.78, 5) is 96.5. The third-order valence-electron chi connectivity index (χ3n) is 13.3. The molecule has 88 heavy (non-hydrogen) atoms. The van der Waals surface area contributed by atoms with E-state index in [2.05, 4.69) is 0 Å². The van der Waals surface area contributed by atoms with Crippen LogP contribution >= 0.6 is 46.1 Å². The summed E-state index contributed by atoms with van der Waals surface area (Å²) in [5.74, 6) is -1.39. The van der Waals surface area contributed by atoms with Gasteiger partial charge in [-0.05, 0) is 147 Å². The Hall–Kier alpha value is -9.88. The normalized spacial score (nSPS) is 10.8. The maximum absolute atomic E-state index is 12.9. The van der Waals surface area contributed by atoms with E-state index in [-0.39, 0.29) is 91.7 Å². The van der Waals surface area contributed by atoms with Crippen molar-refractivity contribution in [2.75, 3.05) is 0 Å². The van der Waals surface area contributed by atoms with Crippen LogP contribution in [0.5, 0.6) is 0 Å². The molecule has 0 saturated carbocycles. The van der Waals surface area contributed by atoms with Gasteiger partial charge < -0.3 is 0 Å². The van der Waals surface area contributed by atoms with Crippen LogP contribution in [0.25, 0.3) is 22.7 Å². The van der Waals surface area contributed by atoms with Gasteiger partial charge in [-0.3, -0.25) is 19.2 Å². The molecule has 4 heterocycles. The van der Waals surface area contributed by atoms with Gasteiger partial charge in [0.1, 0.15) is 23.3 Å². The number of hydrogen-bond donors (Lipinski definition) is 0. The molecule has 0 N–H and O–H groups in total. The Labute approximate surface area is 514 Å². The lowest BCUT2D eigenvalue weighted by Gasteiger charge is -2.02. The standard InChI is InChI=1S/4C16H13FN2O2S/c4*1-11-2-8-14(9-3-11)19-15(20)18(16(21)22-19)10-12-4-6-13(17)7-5-12/h4*2-9H,10H2,1H3. The summed E-state index contributed by atoms with van der Waals surface area (Å²) in [5.41, 5.74) is 8.23. The van der Waals surface area contributed by atoms with Crippen LogP contribution in [-0.2, 0) is 26.2 Å². The average Bonchev–Trinajstić information content (AvgIpc) is 2.91. The zero-order valence-electron chi connectivity index (χ0n) is 47.3. The molecule has 0 fully saturated rings. The van der Waals surface area contributed by atoms with Gasteiger partial charge in [-0.25, -0.2) is 70.8 Å². The van der Waals surface area contributed by atoms with Gasteiger partial charge >= 0.3 is 42.3 Å². The van der Waals surface area contributed by atoms with Gasteiger partial charge in [-0.2, -0.15) is 0 Å². The van der Waals surface area contributed by atoms with E-state index in [1.807, 2.05) is 76.2 Å². The number of hydrogen-bond acceptors (Lipinski definition) is 12. The quantitative estimate of drug-likeness (QED) is 0.109. The van der Waals surface area contributed by atoms with Crippen molar-refractivity contribution >= 4 is 46.1 Å². The fourth-order valence-electron chi connectivity index (χ4n) is 8.41. The fourth-order valence-corrected chi connectivity index (χ4v) is 11.6. The topological polar surface area (TPSA) is 176 Å². The molecule has 0 saturated heterocycles. The molecule has 8 aromatic carbocycles. The Morgan fingerprint density at radius 1 is 0.250 bits per heavy atom. The summed E-state index contributed by atoms with van der Waals surface area (Å²) in [6, 6.07) is 52.5. The monoisotopic (exact) mass is 1260 g/mol. The van der Waals surface area contributed by atoms with Gasteiger partial charge in [-0.1, -0.05) is 119 Å². The minimum absolute atomic E-state index is 0.132. The van der Waals surface area contributed by atoms with E-state index in [0.717, 1.165) is 86.7 Å². The van der Waals surface area contributed by atoms with Gasteiger partial charge in [0, 0.05) is 46.1 Å². The molecule has 0 unspecified atom stereocenters. The first-order chi connectivity index (χ1) is 42.2. The van der Waals surface area contributed by atoms with Crippen molar-refractivity contribution in [3.8, 4) is 22.7 Å². The fraction of sp³-hybridized carbons (Fsp3) is 0.125. The minimum atomic E-state index is -0.386. The highest BCUT2D eigenvalue weighted by Crippen LogP contribution is 2.15. The summed E-state index contributed by atoms with van der Waals surface area (Å²) in [6.45, 7) is 8.34. The molecule has 12 rings (SSSR count). The van der Waals surface area contributed by atoms with Crippen molar-refractivity contribution in [2.45, 2.75) is 53.9 Å². The third-order valence-corrected chi connectivity index (χ3v) is 17.0. The zero-order chi connectivity index (χ0) is 62.8. The molecule has 448 valence electrons. The summed E-state index contributed by atoms with van der Waals surface area (Å²) >= 11 is 3.44. The molecule has 0 spiro atoms.